The molecule has 24 heavy (non-hydrogen) atoms. The summed E-state index contributed by atoms with van der Waals surface area (Å²) in [6.45, 7) is 1.68. The van der Waals surface area contributed by atoms with Crippen LogP contribution in [-0.2, 0) is 16.4 Å². The van der Waals surface area contributed by atoms with Gasteiger partial charge in [-0.1, -0.05) is 17.7 Å². The fourth-order valence-corrected chi connectivity index (χ4v) is 2.73. The van der Waals surface area contributed by atoms with Crippen molar-refractivity contribution in [3.8, 4) is 5.75 Å². The molecular weight excluding hydrogens is 352 g/mol. The van der Waals surface area contributed by atoms with E-state index in [0.717, 1.165) is 24.0 Å². The first-order valence-electron chi connectivity index (χ1n) is 7.57. The molecule has 3 N–H and O–H groups in total. The zero-order valence-electron chi connectivity index (χ0n) is 14.2. The molecule has 0 amide bonds. The van der Waals surface area contributed by atoms with Crippen molar-refractivity contribution >= 4 is 27.6 Å². The normalized spacial score (nSPS) is 12.1. The molecule has 0 atom stereocenters. The first-order chi connectivity index (χ1) is 11.4. The van der Waals surface area contributed by atoms with Crippen LogP contribution in [0, 0.1) is 0 Å². The Bertz CT molecular complexity index is 650. The maximum Gasteiger partial charge on any atom is 0.208 e. The zero-order valence-corrected chi connectivity index (χ0v) is 15.8. The van der Waals surface area contributed by atoms with E-state index in [-0.39, 0.29) is 0 Å². The van der Waals surface area contributed by atoms with Gasteiger partial charge in [-0.3, -0.25) is 4.99 Å². The average Bonchev–Trinajstić information content (AvgIpc) is 2.53. The van der Waals surface area contributed by atoms with Crippen LogP contribution in [0.3, 0.4) is 0 Å². The Morgan fingerprint density at radius 2 is 1.96 bits per heavy atom. The summed E-state index contributed by atoms with van der Waals surface area (Å²) in [5, 5.41) is 6.99. The van der Waals surface area contributed by atoms with E-state index < -0.39 is 10.0 Å². The van der Waals surface area contributed by atoms with Crippen molar-refractivity contribution in [2.45, 2.75) is 12.8 Å². The van der Waals surface area contributed by atoms with Gasteiger partial charge in [-0.05, 0) is 30.5 Å². The number of halogens is 1. The molecule has 0 aliphatic carbocycles. The highest BCUT2D eigenvalue weighted by Crippen LogP contribution is 2.22. The van der Waals surface area contributed by atoms with Crippen molar-refractivity contribution in [2.24, 2.45) is 4.99 Å². The number of ether oxygens (including phenoxy) is 1. The monoisotopic (exact) mass is 376 g/mol. The van der Waals surface area contributed by atoms with Crippen molar-refractivity contribution in [2.75, 3.05) is 40.0 Å². The van der Waals surface area contributed by atoms with Crippen molar-refractivity contribution < 1.29 is 13.2 Å². The molecule has 0 bridgehead atoms. The maximum absolute atomic E-state index is 10.9. The minimum Gasteiger partial charge on any atom is -0.497 e. The molecule has 1 aromatic carbocycles. The van der Waals surface area contributed by atoms with Crippen molar-refractivity contribution in [3.63, 3.8) is 0 Å². The van der Waals surface area contributed by atoms with E-state index in [9.17, 15) is 8.42 Å². The number of methoxy groups -OCH3 is 1. The van der Waals surface area contributed by atoms with Crippen LogP contribution in [0.4, 0.5) is 0 Å². The van der Waals surface area contributed by atoms with E-state index in [1.807, 2.05) is 12.1 Å². The van der Waals surface area contributed by atoms with Crippen LogP contribution in [0.1, 0.15) is 12.0 Å². The molecule has 9 heteroatoms. The minimum absolute atomic E-state index is 0.393. The molecule has 0 saturated heterocycles. The highest BCUT2D eigenvalue weighted by atomic mass is 35.5. The summed E-state index contributed by atoms with van der Waals surface area (Å²) >= 11 is 6.20. The third-order valence-electron chi connectivity index (χ3n) is 3.18. The van der Waals surface area contributed by atoms with E-state index in [2.05, 4.69) is 20.3 Å². The molecule has 0 radical (unpaired) electrons. The fraction of sp³-hybridized carbons (Fsp3) is 0.533. The molecule has 1 rings (SSSR count). The van der Waals surface area contributed by atoms with Crippen LogP contribution in [0.5, 0.6) is 5.75 Å². The number of hydrogen-bond acceptors (Lipinski definition) is 4. The lowest BCUT2D eigenvalue weighted by atomic mass is 10.1. The van der Waals surface area contributed by atoms with Gasteiger partial charge in [0.25, 0.3) is 0 Å². The second-order valence-electron chi connectivity index (χ2n) is 5.15. The Balaban J connectivity index is 2.29. The maximum atomic E-state index is 10.9. The van der Waals surface area contributed by atoms with Gasteiger partial charge in [0.2, 0.25) is 10.0 Å². The largest absolute Gasteiger partial charge is 0.497 e. The van der Waals surface area contributed by atoms with Gasteiger partial charge in [0.15, 0.2) is 5.96 Å². The summed E-state index contributed by atoms with van der Waals surface area (Å²) < 4.78 is 29.4. The van der Waals surface area contributed by atoms with Gasteiger partial charge in [0.1, 0.15) is 5.75 Å². The second-order valence-corrected chi connectivity index (χ2v) is 7.39. The Labute approximate surface area is 148 Å². The highest BCUT2D eigenvalue weighted by Gasteiger charge is 2.04. The van der Waals surface area contributed by atoms with E-state index in [0.29, 0.717) is 37.0 Å². The van der Waals surface area contributed by atoms with Crippen molar-refractivity contribution in [1.82, 2.24) is 15.4 Å². The van der Waals surface area contributed by atoms with E-state index in [1.165, 1.54) is 0 Å². The van der Waals surface area contributed by atoms with Gasteiger partial charge in [-0.2, -0.15) is 0 Å². The Kier molecular flexibility index (Phi) is 8.88. The lowest BCUT2D eigenvalue weighted by Gasteiger charge is -2.12. The quantitative estimate of drug-likeness (QED) is 0.339. The molecule has 0 heterocycles. The van der Waals surface area contributed by atoms with Gasteiger partial charge in [-0.15, -0.1) is 0 Å². The van der Waals surface area contributed by atoms with Crippen LogP contribution >= 0.6 is 11.6 Å². The van der Waals surface area contributed by atoms with E-state index in [4.69, 9.17) is 16.3 Å². The van der Waals surface area contributed by atoms with Crippen LogP contribution in [0.2, 0.25) is 5.02 Å². The molecule has 0 saturated carbocycles. The Hall–Kier alpha value is -1.51. The third-order valence-corrected chi connectivity index (χ3v) is 4.26. The minimum atomic E-state index is -3.13. The number of guanidine groups is 1. The molecule has 7 nitrogen and oxygen atoms in total. The summed E-state index contributed by atoms with van der Waals surface area (Å²) in [7, 11) is 0.161. The topological polar surface area (TPSA) is 91.8 Å². The first kappa shape index (κ1) is 20.5. The average molecular weight is 377 g/mol. The molecule has 1 aromatic rings. The lowest BCUT2D eigenvalue weighted by Crippen LogP contribution is -2.39. The molecule has 0 fully saturated rings. The summed E-state index contributed by atoms with van der Waals surface area (Å²) in [6.07, 6.45) is 2.56. The number of rotatable bonds is 9. The van der Waals surface area contributed by atoms with Crippen LogP contribution < -0.4 is 20.1 Å². The molecule has 136 valence electrons. The van der Waals surface area contributed by atoms with Gasteiger partial charge in [0, 0.05) is 31.7 Å². The van der Waals surface area contributed by atoms with Crippen molar-refractivity contribution in [1.29, 1.82) is 0 Å². The smallest absolute Gasteiger partial charge is 0.208 e. The zero-order chi connectivity index (χ0) is 18.0. The van der Waals surface area contributed by atoms with Gasteiger partial charge in [0.05, 0.1) is 13.4 Å². The standard InChI is InChI=1S/C15H25ClN4O3S/c1-17-15(18-8-4-9-20-24(3,21)22)19-10-7-12-5-6-13(23-2)11-14(12)16/h5-6,11,20H,4,7-10H2,1-3H3,(H2,17,18,19). The predicted octanol–water partition coefficient (Wildman–Crippen LogP) is 0.995. The van der Waals surface area contributed by atoms with Crippen LogP contribution in [0.25, 0.3) is 0 Å². The SMILES string of the molecule is CN=C(NCCCNS(C)(=O)=O)NCCc1ccc(OC)cc1Cl. The molecule has 0 unspecified atom stereocenters. The van der Waals surface area contributed by atoms with Gasteiger partial charge in [-0.25, -0.2) is 13.1 Å². The van der Waals surface area contributed by atoms with Crippen LogP contribution in [-0.4, -0.2) is 54.4 Å². The van der Waals surface area contributed by atoms with E-state index >= 15 is 0 Å². The first-order valence-corrected chi connectivity index (χ1v) is 9.84. The Morgan fingerprint density at radius 3 is 2.54 bits per heavy atom. The number of nitrogens with zero attached hydrogens (tertiary/aromatic N) is 1. The summed E-state index contributed by atoms with van der Waals surface area (Å²) in [5.41, 5.74) is 1.03. The summed E-state index contributed by atoms with van der Waals surface area (Å²) in [4.78, 5) is 4.12. The second kappa shape index (κ2) is 10.4. The Morgan fingerprint density at radius 1 is 1.25 bits per heavy atom. The number of benzene rings is 1. The number of nitrogens with one attached hydrogen (secondary N) is 3. The highest BCUT2D eigenvalue weighted by molar-refractivity contribution is 7.88. The molecular formula is C15H25ClN4O3S. The molecule has 0 spiro atoms. The van der Waals surface area contributed by atoms with Gasteiger partial charge >= 0.3 is 0 Å². The van der Waals surface area contributed by atoms with Crippen molar-refractivity contribution in [3.05, 3.63) is 28.8 Å². The van der Waals surface area contributed by atoms with E-state index in [1.54, 1.807) is 20.2 Å². The molecule has 0 aliphatic rings. The number of sulfonamides is 1. The summed E-state index contributed by atoms with van der Waals surface area (Å²) in [6, 6.07) is 5.61. The number of aliphatic imine (C=N–C) groups is 1. The predicted molar refractivity (Wildman–Crippen MR) is 98.5 cm³/mol. The number of hydrogen-bond donors (Lipinski definition) is 3. The fourth-order valence-electron chi connectivity index (χ4n) is 1.95. The van der Waals surface area contributed by atoms with Crippen LogP contribution in [0.15, 0.2) is 23.2 Å². The molecule has 0 aromatic heterocycles. The molecule has 0 aliphatic heterocycles. The van der Waals surface area contributed by atoms with Gasteiger partial charge < -0.3 is 15.4 Å². The summed E-state index contributed by atoms with van der Waals surface area (Å²) in [5.74, 6) is 1.40. The lowest BCUT2D eigenvalue weighted by molar-refractivity contribution is 0.414. The third kappa shape index (κ3) is 8.37.